The number of aliphatic carboxylic acids is 1. The normalized spacial score (nSPS) is 23.6. The quantitative estimate of drug-likeness (QED) is 0.749. The summed E-state index contributed by atoms with van der Waals surface area (Å²) in [7, 11) is 0. The van der Waals surface area contributed by atoms with E-state index >= 15 is 0 Å². The molecule has 1 unspecified atom stereocenters. The summed E-state index contributed by atoms with van der Waals surface area (Å²) >= 11 is 0. The molecule has 120 valence electrons. The molecule has 2 amide bonds. The zero-order valence-electron chi connectivity index (χ0n) is 12.4. The maximum Gasteiger partial charge on any atom is 0.320 e. The fourth-order valence-corrected chi connectivity index (χ4v) is 3.18. The van der Waals surface area contributed by atoms with Crippen LogP contribution in [0.15, 0.2) is 0 Å². The number of amides is 2. The highest BCUT2D eigenvalue weighted by Crippen LogP contribution is 2.23. The van der Waals surface area contributed by atoms with Crippen molar-refractivity contribution in [2.75, 3.05) is 45.9 Å². The minimum atomic E-state index is -0.821. The van der Waals surface area contributed by atoms with Crippen molar-refractivity contribution in [3.8, 4) is 0 Å². The summed E-state index contributed by atoms with van der Waals surface area (Å²) < 4.78 is 0. The Morgan fingerprint density at radius 2 is 1.81 bits per heavy atom. The van der Waals surface area contributed by atoms with Crippen LogP contribution in [0.4, 0.5) is 4.79 Å². The number of rotatable bonds is 5. The standard InChI is InChI=1S/C14H25N3O4/c18-10-2-4-12-3-1-5-17(12)14(21)16-8-6-15(7-9-16)11-13(19)20/h12,18H,1-11H2,(H,19,20). The van der Waals surface area contributed by atoms with E-state index in [1.54, 1.807) is 0 Å². The molecule has 0 bridgehead atoms. The molecular formula is C14H25N3O4. The van der Waals surface area contributed by atoms with E-state index in [9.17, 15) is 9.59 Å². The molecule has 2 fully saturated rings. The molecule has 2 heterocycles. The van der Waals surface area contributed by atoms with E-state index in [1.165, 1.54) is 0 Å². The summed E-state index contributed by atoms with van der Waals surface area (Å²) in [5.41, 5.74) is 0. The van der Waals surface area contributed by atoms with Crippen molar-refractivity contribution < 1.29 is 19.8 Å². The van der Waals surface area contributed by atoms with Crippen LogP contribution in [0.2, 0.25) is 0 Å². The lowest BCUT2D eigenvalue weighted by Crippen LogP contribution is -2.54. The molecule has 0 spiro atoms. The van der Waals surface area contributed by atoms with Crippen LogP contribution >= 0.6 is 0 Å². The third-order valence-electron chi connectivity index (χ3n) is 4.32. The molecule has 2 rings (SSSR count). The smallest absolute Gasteiger partial charge is 0.320 e. The van der Waals surface area contributed by atoms with Crippen molar-refractivity contribution in [3.63, 3.8) is 0 Å². The largest absolute Gasteiger partial charge is 0.480 e. The third-order valence-corrected chi connectivity index (χ3v) is 4.32. The maximum absolute atomic E-state index is 12.6. The van der Waals surface area contributed by atoms with Crippen molar-refractivity contribution in [1.29, 1.82) is 0 Å². The van der Waals surface area contributed by atoms with Gasteiger partial charge in [-0.05, 0) is 25.7 Å². The molecule has 2 aliphatic rings. The third kappa shape index (κ3) is 4.31. The Bertz CT molecular complexity index is 369. The van der Waals surface area contributed by atoms with E-state index < -0.39 is 5.97 Å². The minimum Gasteiger partial charge on any atom is -0.480 e. The second kappa shape index (κ2) is 7.61. The number of piperazine rings is 1. The number of urea groups is 1. The summed E-state index contributed by atoms with van der Waals surface area (Å²) in [5.74, 6) is -0.821. The number of hydrogen-bond acceptors (Lipinski definition) is 4. The lowest BCUT2D eigenvalue weighted by Gasteiger charge is -2.37. The van der Waals surface area contributed by atoms with Crippen molar-refractivity contribution >= 4 is 12.0 Å². The second-order valence-corrected chi connectivity index (χ2v) is 5.79. The molecule has 2 aliphatic heterocycles. The summed E-state index contributed by atoms with van der Waals surface area (Å²) in [6, 6.07) is 0.326. The van der Waals surface area contributed by atoms with Crippen LogP contribution in [0.25, 0.3) is 0 Å². The molecule has 7 heteroatoms. The Hall–Kier alpha value is -1.34. The molecule has 0 aromatic carbocycles. The second-order valence-electron chi connectivity index (χ2n) is 5.79. The van der Waals surface area contributed by atoms with Crippen LogP contribution in [-0.4, -0.2) is 88.8 Å². The Balaban J connectivity index is 1.82. The predicted octanol–water partition coefficient (Wildman–Crippen LogP) is 0.0455. The Labute approximate surface area is 125 Å². The first-order chi connectivity index (χ1) is 10.1. The fourth-order valence-electron chi connectivity index (χ4n) is 3.18. The zero-order chi connectivity index (χ0) is 15.2. The number of likely N-dealkylation sites (tertiary alicyclic amines) is 1. The summed E-state index contributed by atoms with van der Waals surface area (Å²) in [6.45, 7) is 3.44. The summed E-state index contributed by atoms with van der Waals surface area (Å²) in [5, 5.41) is 17.7. The monoisotopic (exact) mass is 299 g/mol. The van der Waals surface area contributed by atoms with Gasteiger partial charge in [0.25, 0.3) is 0 Å². The van der Waals surface area contributed by atoms with Gasteiger partial charge in [0.15, 0.2) is 0 Å². The first-order valence-corrected chi connectivity index (χ1v) is 7.72. The Morgan fingerprint density at radius 1 is 1.10 bits per heavy atom. The molecule has 0 radical (unpaired) electrons. The molecule has 1 atom stereocenters. The van der Waals surface area contributed by atoms with Gasteiger partial charge in [0, 0.05) is 45.4 Å². The van der Waals surface area contributed by atoms with Crippen molar-refractivity contribution in [3.05, 3.63) is 0 Å². The van der Waals surface area contributed by atoms with Gasteiger partial charge in [-0.1, -0.05) is 0 Å². The molecule has 0 aromatic rings. The van der Waals surface area contributed by atoms with Crippen LogP contribution < -0.4 is 0 Å². The van der Waals surface area contributed by atoms with Gasteiger partial charge in [-0.2, -0.15) is 0 Å². The molecule has 7 nitrogen and oxygen atoms in total. The van der Waals surface area contributed by atoms with Crippen molar-refractivity contribution in [1.82, 2.24) is 14.7 Å². The number of carbonyl (C=O) groups excluding carboxylic acids is 1. The average molecular weight is 299 g/mol. The van der Waals surface area contributed by atoms with Crippen molar-refractivity contribution in [2.24, 2.45) is 0 Å². The van der Waals surface area contributed by atoms with E-state index in [0.717, 1.165) is 32.2 Å². The topological polar surface area (TPSA) is 84.3 Å². The molecule has 21 heavy (non-hydrogen) atoms. The Morgan fingerprint density at radius 3 is 2.43 bits per heavy atom. The van der Waals surface area contributed by atoms with E-state index in [1.807, 2.05) is 14.7 Å². The van der Waals surface area contributed by atoms with Gasteiger partial charge in [0.2, 0.25) is 0 Å². The number of carbonyl (C=O) groups is 2. The molecular weight excluding hydrogens is 274 g/mol. The van der Waals surface area contributed by atoms with Crippen LogP contribution in [0.1, 0.15) is 25.7 Å². The van der Waals surface area contributed by atoms with E-state index in [0.29, 0.717) is 26.2 Å². The first-order valence-electron chi connectivity index (χ1n) is 7.72. The molecule has 0 aliphatic carbocycles. The van der Waals surface area contributed by atoms with Crippen molar-refractivity contribution in [2.45, 2.75) is 31.7 Å². The number of aliphatic hydroxyl groups excluding tert-OH is 1. The first kappa shape index (κ1) is 16.0. The van der Waals surface area contributed by atoms with Gasteiger partial charge in [-0.15, -0.1) is 0 Å². The van der Waals surface area contributed by atoms with Gasteiger partial charge < -0.3 is 20.0 Å². The lowest BCUT2D eigenvalue weighted by atomic mass is 10.1. The van der Waals surface area contributed by atoms with Gasteiger partial charge in [0.1, 0.15) is 0 Å². The number of hydrogen-bond donors (Lipinski definition) is 2. The number of carboxylic acids is 1. The summed E-state index contributed by atoms with van der Waals surface area (Å²) in [4.78, 5) is 28.9. The maximum atomic E-state index is 12.6. The lowest BCUT2D eigenvalue weighted by molar-refractivity contribution is -0.138. The average Bonchev–Trinajstić information content (AvgIpc) is 2.93. The van der Waals surface area contributed by atoms with Gasteiger partial charge in [0.05, 0.1) is 6.54 Å². The molecule has 2 N–H and O–H groups in total. The highest BCUT2D eigenvalue weighted by Gasteiger charge is 2.32. The molecule has 2 saturated heterocycles. The Kier molecular flexibility index (Phi) is 5.81. The predicted molar refractivity (Wildman–Crippen MR) is 77.1 cm³/mol. The number of carboxylic acid groups (broad SMARTS) is 1. The minimum absolute atomic E-state index is 0.0465. The van der Waals surface area contributed by atoms with Crippen LogP contribution in [-0.2, 0) is 4.79 Å². The highest BCUT2D eigenvalue weighted by atomic mass is 16.4. The van der Waals surface area contributed by atoms with Crippen LogP contribution in [0.5, 0.6) is 0 Å². The van der Waals surface area contributed by atoms with Gasteiger partial charge in [-0.25, -0.2) is 4.79 Å². The highest BCUT2D eigenvalue weighted by molar-refractivity contribution is 5.75. The van der Waals surface area contributed by atoms with E-state index in [2.05, 4.69) is 0 Å². The van der Waals surface area contributed by atoms with Gasteiger partial charge >= 0.3 is 12.0 Å². The number of aliphatic hydroxyl groups is 1. The zero-order valence-corrected chi connectivity index (χ0v) is 12.4. The van der Waals surface area contributed by atoms with Crippen LogP contribution in [0, 0.1) is 0 Å². The fraction of sp³-hybridized carbons (Fsp3) is 0.857. The van der Waals surface area contributed by atoms with Gasteiger partial charge in [-0.3, -0.25) is 9.69 Å². The summed E-state index contributed by atoms with van der Waals surface area (Å²) in [6.07, 6.45) is 3.65. The molecule has 0 saturated carbocycles. The molecule has 0 aromatic heterocycles. The number of nitrogens with zero attached hydrogens (tertiary/aromatic N) is 3. The SMILES string of the molecule is O=C(O)CN1CCN(C(=O)N2CCCC2CCCO)CC1. The van der Waals surface area contributed by atoms with E-state index in [-0.39, 0.29) is 25.2 Å². The van der Waals surface area contributed by atoms with Crippen LogP contribution in [0.3, 0.4) is 0 Å². The van der Waals surface area contributed by atoms with E-state index in [4.69, 9.17) is 10.2 Å².